The third-order valence-electron chi connectivity index (χ3n) is 4.54. The van der Waals surface area contributed by atoms with E-state index in [-0.39, 0.29) is 36.3 Å². The zero-order valence-electron chi connectivity index (χ0n) is 14.7. The Morgan fingerprint density at radius 2 is 1.83 bits per heavy atom. The Hall–Kier alpha value is 0.370. The van der Waals surface area contributed by atoms with E-state index in [1.807, 2.05) is 18.2 Å². The standard InChI is InChI=1S/C17H28Cl2N4.HI/c1-4-20-17-21-12-15(16-13(18)8-7-9-14(16)19)23(17)11-10-22(5-2)6-3;/h7-9,15,17,20-21H,4-6,10-12H2,1-3H3;1H. The third kappa shape index (κ3) is 5.43. The molecule has 1 heterocycles. The minimum absolute atomic E-state index is 0. The topological polar surface area (TPSA) is 30.5 Å². The average Bonchev–Trinajstić information content (AvgIpc) is 2.91. The van der Waals surface area contributed by atoms with Gasteiger partial charge in [-0.25, -0.2) is 0 Å². The summed E-state index contributed by atoms with van der Waals surface area (Å²) < 4.78 is 0. The van der Waals surface area contributed by atoms with E-state index in [2.05, 4.69) is 41.2 Å². The lowest BCUT2D eigenvalue weighted by molar-refractivity contribution is 0.138. The first-order valence-electron chi connectivity index (χ1n) is 8.51. The summed E-state index contributed by atoms with van der Waals surface area (Å²) in [6.07, 6.45) is 0.160. The first kappa shape index (κ1) is 22.4. The van der Waals surface area contributed by atoms with E-state index >= 15 is 0 Å². The van der Waals surface area contributed by atoms with Crippen molar-refractivity contribution in [2.45, 2.75) is 33.1 Å². The smallest absolute Gasteiger partial charge is 0.115 e. The van der Waals surface area contributed by atoms with Crippen LogP contribution in [0.1, 0.15) is 32.4 Å². The summed E-state index contributed by atoms with van der Waals surface area (Å²) in [4.78, 5) is 4.88. The molecule has 0 amide bonds. The summed E-state index contributed by atoms with van der Waals surface area (Å²) in [5, 5.41) is 8.54. The van der Waals surface area contributed by atoms with Crippen LogP contribution in [0, 0.1) is 0 Å². The van der Waals surface area contributed by atoms with Crippen molar-refractivity contribution < 1.29 is 0 Å². The average molecular weight is 487 g/mol. The first-order chi connectivity index (χ1) is 11.1. The van der Waals surface area contributed by atoms with E-state index in [4.69, 9.17) is 23.2 Å². The molecule has 0 aromatic heterocycles. The molecule has 0 saturated carbocycles. The molecule has 7 heteroatoms. The molecule has 1 fully saturated rings. The highest BCUT2D eigenvalue weighted by molar-refractivity contribution is 14.0. The SMILES string of the molecule is CCNC1NCC(c2c(Cl)cccc2Cl)N1CCN(CC)CC.I. The van der Waals surface area contributed by atoms with Crippen molar-refractivity contribution in [1.29, 1.82) is 0 Å². The van der Waals surface area contributed by atoms with Gasteiger partial charge < -0.3 is 4.90 Å². The number of halogens is 3. The second-order valence-corrected chi connectivity index (χ2v) is 6.60. The molecule has 1 aromatic rings. The Morgan fingerprint density at radius 1 is 1.21 bits per heavy atom. The number of rotatable bonds is 8. The Balaban J connectivity index is 0.00000288. The minimum Gasteiger partial charge on any atom is -0.303 e. The molecule has 4 nitrogen and oxygen atoms in total. The van der Waals surface area contributed by atoms with E-state index in [9.17, 15) is 0 Å². The summed E-state index contributed by atoms with van der Waals surface area (Å²) >= 11 is 12.9. The van der Waals surface area contributed by atoms with Gasteiger partial charge in [0.2, 0.25) is 0 Å². The molecule has 138 valence electrons. The van der Waals surface area contributed by atoms with Gasteiger partial charge in [-0.2, -0.15) is 0 Å². The summed E-state index contributed by atoms with van der Waals surface area (Å²) in [7, 11) is 0. The lowest BCUT2D eigenvalue weighted by atomic mass is 10.1. The number of likely N-dealkylation sites (N-methyl/N-ethyl adjacent to an activating group) is 1. The van der Waals surface area contributed by atoms with E-state index < -0.39 is 0 Å². The second-order valence-electron chi connectivity index (χ2n) is 5.78. The Labute approximate surface area is 173 Å². The summed E-state index contributed by atoms with van der Waals surface area (Å²) in [5.41, 5.74) is 1.03. The van der Waals surface area contributed by atoms with Crippen LogP contribution in [0.5, 0.6) is 0 Å². The van der Waals surface area contributed by atoms with Crippen molar-refractivity contribution in [3.63, 3.8) is 0 Å². The van der Waals surface area contributed by atoms with Crippen molar-refractivity contribution in [2.24, 2.45) is 0 Å². The highest BCUT2D eigenvalue weighted by Crippen LogP contribution is 2.36. The molecule has 24 heavy (non-hydrogen) atoms. The summed E-state index contributed by atoms with van der Waals surface area (Å²) in [6.45, 7) is 12.4. The maximum atomic E-state index is 6.45. The molecule has 2 unspecified atom stereocenters. The summed E-state index contributed by atoms with van der Waals surface area (Å²) in [6, 6.07) is 5.94. The normalized spacial score (nSPS) is 21.2. The van der Waals surface area contributed by atoms with E-state index in [1.54, 1.807) is 0 Å². The molecule has 0 bridgehead atoms. The van der Waals surface area contributed by atoms with Crippen LogP contribution in [0.25, 0.3) is 0 Å². The summed E-state index contributed by atoms with van der Waals surface area (Å²) in [5.74, 6) is 0. The molecule has 0 spiro atoms. The maximum Gasteiger partial charge on any atom is 0.115 e. The molecule has 1 aliphatic heterocycles. The fourth-order valence-corrected chi connectivity index (χ4v) is 3.85. The van der Waals surface area contributed by atoms with Gasteiger partial charge in [0.25, 0.3) is 0 Å². The fourth-order valence-electron chi connectivity index (χ4n) is 3.20. The van der Waals surface area contributed by atoms with Gasteiger partial charge in [0.15, 0.2) is 0 Å². The molecule has 0 aliphatic carbocycles. The van der Waals surface area contributed by atoms with Crippen molar-refractivity contribution in [3.8, 4) is 0 Å². The Kier molecular flexibility index (Phi) is 10.4. The highest BCUT2D eigenvalue weighted by atomic mass is 127. The predicted octanol–water partition coefficient (Wildman–Crippen LogP) is 3.79. The number of hydrogen-bond acceptors (Lipinski definition) is 4. The number of nitrogens with zero attached hydrogens (tertiary/aromatic N) is 2. The van der Waals surface area contributed by atoms with E-state index in [1.165, 1.54) is 0 Å². The molecule has 1 saturated heterocycles. The van der Waals surface area contributed by atoms with Crippen LogP contribution in [0.3, 0.4) is 0 Å². The van der Waals surface area contributed by atoms with Gasteiger partial charge in [0.1, 0.15) is 6.29 Å². The van der Waals surface area contributed by atoms with Gasteiger partial charge in [-0.3, -0.25) is 15.5 Å². The number of nitrogens with one attached hydrogen (secondary N) is 2. The van der Waals surface area contributed by atoms with Gasteiger partial charge in [-0.15, -0.1) is 24.0 Å². The molecular weight excluding hydrogens is 458 g/mol. The van der Waals surface area contributed by atoms with Crippen LogP contribution in [0.4, 0.5) is 0 Å². The van der Waals surface area contributed by atoms with Crippen LogP contribution in [0.15, 0.2) is 18.2 Å². The van der Waals surface area contributed by atoms with Crippen LogP contribution in [0.2, 0.25) is 10.0 Å². The predicted molar refractivity (Wildman–Crippen MR) is 115 cm³/mol. The van der Waals surface area contributed by atoms with Gasteiger partial charge in [0, 0.05) is 35.2 Å². The lowest BCUT2D eigenvalue weighted by Gasteiger charge is -2.32. The zero-order chi connectivity index (χ0) is 16.8. The highest BCUT2D eigenvalue weighted by Gasteiger charge is 2.35. The second kappa shape index (κ2) is 11.2. The van der Waals surface area contributed by atoms with Crippen molar-refractivity contribution >= 4 is 47.2 Å². The van der Waals surface area contributed by atoms with Crippen LogP contribution >= 0.6 is 47.2 Å². The quantitative estimate of drug-likeness (QED) is 0.547. The van der Waals surface area contributed by atoms with E-state index in [0.29, 0.717) is 0 Å². The van der Waals surface area contributed by atoms with Crippen molar-refractivity contribution in [1.82, 2.24) is 20.4 Å². The van der Waals surface area contributed by atoms with Gasteiger partial charge in [0.05, 0.1) is 6.04 Å². The fraction of sp³-hybridized carbons (Fsp3) is 0.647. The molecule has 2 rings (SSSR count). The van der Waals surface area contributed by atoms with Crippen molar-refractivity contribution in [3.05, 3.63) is 33.8 Å². The maximum absolute atomic E-state index is 6.45. The Morgan fingerprint density at radius 3 is 2.38 bits per heavy atom. The van der Waals surface area contributed by atoms with Gasteiger partial charge in [-0.1, -0.05) is 50.0 Å². The first-order valence-corrected chi connectivity index (χ1v) is 9.26. The number of benzene rings is 1. The van der Waals surface area contributed by atoms with Crippen molar-refractivity contribution in [2.75, 3.05) is 39.3 Å². The van der Waals surface area contributed by atoms with E-state index in [0.717, 1.165) is 54.9 Å². The zero-order valence-corrected chi connectivity index (χ0v) is 18.5. The van der Waals surface area contributed by atoms with Crippen LogP contribution in [-0.2, 0) is 0 Å². The molecular formula is C17H29Cl2IN4. The molecule has 1 aliphatic rings. The van der Waals surface area contributed by atoms with Gasteiger partial charge >= 0.3 is 0 Å². The molecule has 2 N–H and O–H groups in total. The molecule has 1 aromatic carbocycles. The largest absolute Gasteiger partial charge is 0.303 e. The third-order valence-corrected chi connectivity index (χ3v) is 5.19. The Bertz CT molecular complexity index is 479. The van der Waals surface area contributed by atoms with Gasteiger partial charge in [-0.05, 0) is 31.8 Å². The molecule has 0 radical (unpaired) electrons. The minimum atomic E-state index is 0. The number of hydrogen-bond donors (Lipinski definition) is 2. The lowest BCUT2D eigenvalue weighted by Crippen LogP contribution is -2.50. The molecule has 2 atom stereocenters. The van der Waals surface area contributed by atoms with Crippen LogP contribution in [-0.4, -0.2) is 55.4 Å². The van der Waals surface area contributed by atoms with Crippen LogP contribution < -0.4 is 10.6 Å². The monoisotopic (exact) mass is 486 g/mol.